The number of fused-ring (bicyclic) bond motifs is 1. The summed E-state index contributed by atoms with van der Waals surface area (Å²) in [7, 11) is 0. The van der Waals surface area contributed by atoms with Gasteiger partial charge in [0, 0.05) is 52.8 Å². The maximum atomic E-state index is 13.9. The Morgan fingerprint density at radius 2 is 2.00 bits per heavy atom. The molecular weight excluding hydrogens is 466 g/mol. The SMILES string of the molecule is Cc1nc(-c2ccc(-c3cc4cnc(NC(C)C)nc4n(CC4CCNCC4)c3=O)c(Cl)c2)no1. The highest BCUT2D eigenvalue weighted by atomic mass is 35.5. The smallest absolute Gasteiger partial charge is 0.260 e. The van der Waals surface area contributed by atoms with Gasteiger partial charge in [-0.1, -0.05) is 28.9 Å². The van der Waals surface area contributed by atoms with E-state index in [4.69, 9.17) is 21.1 Å². The van der Waals surface area contributed by atoms with Crippen molar-refractivity contribution >= 4 is 28.6 Å². The van der Waals surface area contributed by atoms with E-state index in [-0.39, 0.29) is 11.6 Å². The van der Waals surface area contributed by atoms with Crippen LogP contribution in [0.3, 0.4) is 0 Å². The largest absolute Gasteiger partial charge is 0.352 e. The van der Waals surface area contributed by atoms with E-state index in [2.05, 4.69) is 25.8 Å². The minimum Gasteiger partial charge on any atom is -0.352 e. The van der Waals surface area contributed by atoms with Gasteiger partial charge >= 0.3 is 0 Å². The molecule has 1 aliphatic rings. The molecule has 5 rings (SSSR count). The first-order chi connectivity index (χ1) is 16.9. The first kappa shape index (κ1) is 23.4. The Balaban J connectivity index is 1.62. The summed E-state index contributed by atoms with van der Waals surface area (Å²) in [5, 5.41) is 11.8. The average molecular weight is 494 g/mol. The van der Waals surface area contributed by atoms with Crippen LogP contribution in [0.25, 0.3) is 33.5 Å². The number of nitrogens with zero attached hydrogens (tertiary/aromatic N) is 5. The Bertz CT molecular complexity index is 1420. The topological polar surface area (TPSA) is 111 Å². The molecule has 1 fully saturated rings. The zero-order chi connectivity index (χ0) is 24.5. The zero-order valence-electron chi connectivity index (χ0n) is 20.0. The maximum Gasteiger partial charge on any atom is 0.260 e. The van der Waals surface area contributed by atoms with Crippen molar-refractivity contribution < 1.29 is 4.52 Å². The minimum atomic E-state index is -0.115. The van der Waals surface area contributed by atoms with Crippen molar-refractivity contribution in [2.45, 2.75) is 46.2 Å². The summed E-state index contributed by atoms with van der Waals surface area (Å²) in [6.07, 6.45) is 3.79. The third-order valence-electron chi connectivity index (χ3n) is 6.19. The molecule has 0 amide bonds. The summed E-state index contributed by atoms with van der Waals surface area (Å²) < 4.78 is 6.87. The average Bonchev–Trinajstić information content (AvgIpc) is 3.28. The monoisotopic (exact) mass is 493 g/mol. The number of benzene rings is 1. The summed E-state index contributed by atoms with van der Waals surface area (Å²) in [5.41, 5.74) is 2.39. The van der Waals surface area contributed by atoms with E-state index in [0.717, 1.165) is 36.9 Å². The van der Waals surface area contributed by atoms with Crippen LogP contribution in [0.1, 0.15) is 32.6 Å². The lowest BCUT2D eigenvalue weighted by Gasteiger charge is -2.24. The Morgan fingerprint density at radius 1 is 1.20 bits per heavy atom. The van der Waals surface area contributed by atoms with Gasteiger partial charge < -0.3 is 15.2 Å². The van der Waals surface area contributed by atoms with Gasteiger partial charge in [-0.25, -0.2) is 4.98 Å². The molecule has 1 saturated heterocycles. The predicted molar refractivity (Wildman–Crippen MR) is 137 cm³/mol. The first-order valence-electron chi connectivity index (χ1n) is 11.9. The number of pyridine rings is 1. The highest BCUT2D eigenvalue weighted by Crippen LogP contribution is 2.31. The number of nitrogens with one attached hydrogen (secondary N) is 2. The van der Waals surface area contributed by atoms with Crippen molar-refractivity contribution in [3.05, 3.63) is 51.7 Å². The number of anilines is 1. The van der Waals surface area contributed by atoms with Crippen LogP contribution in [0.15, 0.2) is 39.8 Å². The number of aromatic nitrogens is 5. The molecular formula is C25H28ClN7O2. The van der Waals surface area contributed by atoms with Crippen LogP contribution in [0.2, 0.25) is 5.02 Å². The van der Waals surface area contributed by atoms with E-state index in [1.807, 2.05) is 32.0 Å². The molecule has 4 aromatic rings. The fourth-order valence-electron chi connectivity index (χ4n) is 4.46. The molecule has 2 N–H and O–H groups in total. The Morgan fingerprint density at radius 3 is 2.69 bits per heavy atom. The van der Waals surface area contributed by atoms with Gasteiger partial charge in [-0.05, 0) is 57.8 Å². The fraction of sp³-hybridized carbons (Fsp3) is 0.400. The lowest BCUT2D eigenvalue weighted by atomic mass is 9.97. The highest BCUT2D eigenvalue weighted by Gasteiger charge is 2.20. The molecule has 1 aliphatic heterocycles. The Hall–Kier alpha value is -3.30. The number of rotatable bonds is 6. The molecule has 3 aromatic heterocycles. The molecule has 10 heteroatoms. The maximum absolute atomic E-state index is 13.9. The van der Waals surface area contributed by atoms with Crippen LogP contribution in [-0.4, -0.2) is 43.8 Å². The number of piperidine rings is 1. The molecule has 4 heterocycles. The van der Waals surface area contributed by atoms with E-state index in [1.54, 1.807) is 23.8 Å². The van der Waals surface area contributed by atoms with Crippen molar-refractivity contribution in [1.29, 1.82) is 0 Å². The van der Waals surface area contributed by atoms with Crippen LogP contribution >= 0.6 is 11.6 Å². The van der Waals surface area contributed by atoms with Crippen LogP contribution in [-0.2, 0) is 6.54 Å². The lowest BCUT2D eigenvalue weighted by molar-refractivity contribution is 0.333. The van der Waals surface area contributed by atoms with Crippen molar-refractivity contribution in [3.8, 4) is 22.5 Å². The van der Waals surface area contributed by atoms with Gasteiger partial charge in [0.25, 0.3) is 5.56 Å². The van der Waals surface area contributed by atoms with Gasteiger partial charge in [0.2, 0.25) is 17.7 Å². The van der Waals surface area contributed by atoms with Gasteiger partial charge in [-0.15, -0.1) is 0 Å². The van der Waals surface area contributed by atoms with Crippen molar-refractivity contribution in [2.24, 2.45) is 5.92 Å². The third-order valence-corrected chi connectivity index (χ3v) is 6.50. The molecule has 0 saturated carbocycles. The van der Waals surface area contributed by atoms with Gasteiger partial charge in [-0.3, -0.25) is 9.36 Å². The minimum absolute atomic E-state index is 0.115. The Kier molecular flexibility index (Phi) is 6.53. The van der Waals surface area contributed by atoms with E-state index in [1.165, 1.54) is 0 Å². The molecule has 1 aromatic carbocycles. The number of hydrogen-bond donors (Lipinski definition) is 2. The standard InChI is InChI=1S/C25H28ClN7O2/c1-14(2)29-25-28-12-18-10-20(19-5-4-17(11-21(19)26)22-30-15(3)35-32-22)24(34)33(23(18)31-25)13-16-6-8-27-9-7-16/h4-5,10-12,14,16,27H,6-9,13H2,1-3H3,(H,28,29,31). The molecule has 35 heavy (non-hydrogen) atoms. The van der Waals surface area contributed by atoms with Crippen molar-refractivity contribution in [3.63, 3.8) is 0 Å². The van der Waals surface area contributed by atoms with Crippen LogP contribution in [0.5, 0.6) is 0 Å². The molecule has 0 aliphatic carbocycles. The lowest BCUT2D eigenvalue weighted by Crippen LogP contribution is -2.33. The molecule has 0 radical (unpaired) electrons. The summed E-state index contributed by atoms with van der Waals surface area (Å²) in [4.78, 5) is 27.3. The number of halogens is 1. The van der Waals surface area contributed by atoms with Crippen LogP contribution in [0.4, 0.5) is 5.95 Å². The third kappa shape index (κ3) is 4.92. The quantitative estimate of drug-likeness (QED) is 0.409. The Labute approximate surface area is 207 Å². The van der Waals surface area contributed by atoms with E-state index in [9.17, 15) is 4.79 Å². The van der Waals surface area contributed by atoms with E-state index < -0.39 is 0 Å². The molecule has 0 bridgehead atoms. The molecule has 0 atom stereocenters. The number of aryl methyl sites for hydroxylation is 1. The summed E-state index contributed by atoms with van der Waals surface area (Å²) in [5.74, 6) is 1.83. The van der Waals surface area contributed by atoms with Crippen LogP contribution < -0.4 is 16.2 Å². The van der Waals surface area contributed by atoms with E-state index in [0.29, 0.717) is 51.9 Å². The van der Waals surface area contributed by atoms with Gasteiger partial charge in [0.1, 0.15) is 5.65 Å². The normalized spacial score (nSPS) is 14.7. The number of hydrogen-bond acceptors (Lipinski definition) is 8. The molecule has 182 valence electrons. The van der Waals surface area contributed by atoms with Gasteiger partial charge in [0.15, 0.2) is 0 Å². The summed E-state index contributed by atoms with van der Waals surface area (Å²) in [6.45, 7) is 8.29. The highest BCUT2D eigenvalue weighted by molar-refractivity contribution is 6.33. The first-order valence-corrected chi connectivity index (χ1v) is 12.3. The predicted octanol–water partition coefficient (Wildman–Crippen LogP) is 4.29. The summed E-state index contributed by atoms with van der Waals surface area (Å²) in [6, 6.07) is 7.44. The second kappa shape index (κ2) is 9.75. The molecule has 0 spiro atoms. The fourth-order valence-corrected chi connectivity index (χ4v) is 4.74. The molecule has 0 unspecified atom stereocenters. The van der Waals surface area contributed by atoms with Crippen molar-refractivity contribution in [1.82, 2.24) is 30.0 Å². The van der Waals surface area contributed by atoms with Crippen LogP contribution in [0, 0.1) is 12.8 Å². The summed E-state index contributed by atoms with van der Waals surface area (Å²) >= 11 is 6.69. The second-order valence-electron chi connectivity index (χ2n) is 9.27. The second-order valence-corrected chi connectivity index (χ2v) is 9.68. The zero-order valence-corrected chi connectivity index (χ0v) is 20.8. The van der Waals surface area contributed by atoms with Gasteiger partial charge in [-0.2, -0.15) is 9.97 Å². The van der Waals surface area contributed by atoms with Crippen molar-refractivity contribution in [2.75, 3.05) is 18.4 Å². The van der Waals surface area contributed by atoms with Gasteiger partial charge in [0.05, 0.1) is 0 Å². The van der Waals surface area contributed by atoms with E-state index >= 15 is 0 Å². The molecule has 9 nitrogen and oxygen atoms in total.